The summed E-state index contributed by atoms with van der Waals surface area (Å²) in [6.07, 6.45) is 1.99. The maximum Gasteiger partial charge on any atom is 0.273 e. The second-order valence-corrected chi connectivity index (χ2v) is 4.78. The normalized spacial score (nSPS) is 10.1. The second-order valence-electron chi connectivity index (χ2n) is 3.39. The van der Waals surface area contributed by atoms with Gasteiger partial charge in [-0.05, 0) is 18.4 Å². The van der Waals surface area contributed by atoms with Gasteiger partial charge in [0.25, 0.3) is 5.91 Å². The molecule has 0 fully saturated rings. The molecule has 94 valence electrons. The predicted molar refractivity (Wildman–Crippen MR) is 72.4 cm³/mol. The van der Waals surface area contributed by atoms with Gasteiger partial charge in [-0.15, -0.1) is 0 Å². The van der Waals surface area contributed by atoms with E-state index in [9.17, 15) is 4.79 Å². The molecule has 0 saturated carbocycles. The molecule has 0 radical (unpaired) electrons. The number of hydrazine groups is 1. The Morgan fingerprint density at radius 3 is 2.94 bits per heavy atom. The van der Waals surface area contributed by atoms with Crippen molar-refractivity contribution in [2.24, 2.45) is 5.84 Å². The summed E-state index contributed by atoms with van der Waals surface area (Å²) in [5.74, 6) is 6.32. The lowest BCUT2D eigenvalue weighted by molar-refractivity contribution is 0.0798. The van der Waals surface area contributed by atoms with E-state index in [0.29, 0.717) is 17.4 Å². The number of anilines is 1. The van der Waals surface area contributed by atoms with E-state index in [1.807, 2.05) is 6.26 Å². The van der Waals surface area contributed by atoms with E-state index in [1.165, 1.54) is 0 Å². The Kier molecular flexibility index (Phi) is 5.54. The summed E-state index contributed by atoms with van der Waals surface area (Å²) in [5.41, 5.74) is 2.60. The second kappa shape index (κ2) is 6.68. The number of hydrogen-bond acceptors (Lipinski definition) is 5. The van der Waals surface area contributed by atoms with Crippen LogP contribution in [0, 0.1) is 0 Å². The topological polar surface area (TPSA) is 71.2 Å². The van der Waals surface area contributed by atoms with Crippen molar-refractivity contribution in [2.75, 3.05) is 31.0 Å². The Bertz CT molecular complexity index is 402. The monoisotopic (exact) mass is 274 g/mol. The van der Waals surface area contributed by atoms with Crippen LogP contribution < -0.4 is 11.3 Å². The fraction of sp³-hybridized carbons (Fsp3) is 0.400. The number of nitrogens with two attached hydrogens (primary N) is 1. The van der Waals surface area contributed by atoms with Gasteiger partial charge in [-0.1, -0.05) is 11.6 Å². The quantitative estimate of drug-likeness (QED) is 0.628. The largest absolute Gasteiger partial charge is 0.339 e. The highest BCUT2D eigenvalue weighted by atomic mass is 35.5. The average Bonchev–Trinajstić information content (AvgIpc) is 2.35. The molecule has 0 unspecified atom stereocenters. The number of nitrogens with zero attached hydrogens (tertiary/aromatic N) is 2. The van der Waals surface area contributed by atoms with Crippen molar-refractivity contribution in [3.63, 3.8) is 0 Å². The van der Waals surface area contributed by atoms with Gasteiger partial charge in [-0.25, -0.2) is 10.8 Å². The lowest BCUT2D eigenvalue weighted by atomic mass is 10.3. The molecule has 0 saturated heterocycles. The number of aromatic nitrogens is 1. The Balaban J connectivity index is 2.87. The van der Waals surface area contributed by atoms with Gasteiger partial charge >= 0.3 is 0 Å². The van der Waals surface area contributed by atoms with Crippen LogP contribution in [0.25, 0.3) is 0 Å². The summed E-state index contributed by atoms with van der Waals surface area (Å²) in [7, 11) is 1.72. The first kappa shape index (κ1) is 14.1. The first-order valence-electron chi connectivity index (χ1n) is 4.97. The number of hydrogen-bond donors (Lipinski definition) is 2. The van der Waals surface area contributed by atoms with Gasteiger partial charge in [0.05, 0.1) is 5.02 Å². The minimum absolute atomic E-state index is 0.207. The number of amides is 1. The molecular weight excluding hydrogens is 260 g/mol. The van der Waals surface area contributed by atoms with Gasteiger partial charge in [-0.3, -0.25) is 4.79 Å². The number of rotatable bonds is 5. The Labute approximate surface area is 110 Å². The first-order valence-corrected chi connectivity index (χ1v) is 6.75. The third-order valence-electron chi connectivity index (χ3n) is 2.17. The van der Waals surface area contributed by atoms with Gasteiger partial charge in [0.1, 0.15) is 11.5 Å². The van der Waals surface area contributed by atoms with Gasteiger partial charge in [0, 0.05) is 19.3 Å². The SMILES string of the molecule is CSCCN(C)C(=O)c1nc(NN)ccc1Cl. The molecule has 7 heteroatoms. The zero-order valence-corrected chi connectivity index (χ0v) is 11.3. The number of carbonyl (C=O) groups is 1. The fourth-order valence-corrected chi connectivity index (χ4v) is 1.83. The molecule has 17 heavy (non-hydrogen) atoms. The summed E-state index contributed by atoms with van der Waals surface area (Å²) >= 11 is 7.62. The number of nitrogens with one attached hydrogen (secondary N) is 1. The maximum atomic E-state index is 12.0. The lowest BCUT2D eigenvalue weighted by Gasteiger charge is -2.16. The standard InChI is InChI=1S/C10H15ClN4OS/c1-15(5-6-17-2)10(16)9-7(11)3-4-8(13-9)14-12/h3-4H,5-6,12H2,1-2H3,(H,13,14). The van der Waals surface area contributed by atoms with Crippen LogP contribution >= 0.6 is 23.4 Å². The smallest absolute Gasteiger partial charge is 0.273 e. The lowest BCUT2D eigenvalue weighted by Crippen LogP contribution is -2.30. The van der Waals surface area contributed by atoms with Gasteiger partial charge < -0.3 is 10.3 Å². The minimum Gasteiger partial charge on any atom is -0.339 e. The van der Waals surface area contributed by atoms with Gasteiger partial charge in [0.15, 0.2) is 0 Å². The third-order valence-corrected chi connectivity index (χ3v) is 3.07. The van der Waals surface area contributed by atoms with E-state index < -0.39 is 0 Å². The van der Waals surface area contributed by atoms with E-state index in [1.54, 1.807) is 35.8 Å². The molecular formula is C10H15ClN4OS. The van der Waals surface area contributed by atoms with E-state index in [4.69, 9.17) is 17.4 Å². The maximum absolute atomic E-state index is 12.0. The summed E-state index contributed by atoms with van der Waals surface area (Å²) in [5, 5.41) is 0.324. The van der Waals surface area contributed by atoms with Crippen LogP contribution in [-0.2, 0) is 0 Å². The van der Waals surface area contributed by atoms with Crippen molar-refractivity contribution >= 4 is 35.1 Å². The van der Waals surface area contributed by atoms with Crippen molar-refractivity contribution in [1.82, 2.24) is 9.88 Å². The molecule has 1 amide bonds. The molecule has 0 atom stereocenters. The Hall–Kier alpha value is -0.980. The van der Waals surface area contributed by atoms with Crippen molar-refractivity contribution in [3.05, 3.63) is 22.8 Å². The van der Waals surface area contributed by atoms with Crippen LogP contribution in [0.1, 0.15) is 10.5 Å². The molecule has 0 aliphatic carbocycles. The van der Waals surface area contributed by atoms with Crippen molar-refractivity contribution in [3.8, 4) is 0 Å². The Morgan fingerprint density at radius 2 is 2.35 bits per heavy atom. The molecule has 5 nitrogen and oxygen atoms in total. The summed E-state index contributed by atoms with van der Waals surface area (Å²) < 4.78 is 0. The van der Waals surface area contributed by atoms with Crippen molar-refractivity contribution in [2.45, 2.75) is 0 Å². The van der Waals surface area contributed by atoms with E-state index in [2.05, 4.69) is 10.4 Å². The highest BCUT2D eigenvalue weighted by Gasteiger charge is 2.17. The van der Waals surface area contributed by atoms with E-state index in [0.717, 1.165) is 5.75 Å². The molecule has 1 aromatic heterocycles. The van der Waals surface area contributed by atoms with Crippen LogP contribution in [0.3, 0.4) is 0 Å². The Morgan fingerprint density at radius 1 is 1.65 bits per heavy atom. The van der Waals surface area contributed by atoms with E-state index in [-0.39, 0.29) is 11.6 Å². The number of thioether (sulfide) groups is 1. The molecule has 1 aromatic rings. The highest BCUT2D eigenvalue weighted by molar-refractivity contribution is 7.98. The molecule has 0 aliphatic heterocycles. The van der Waals surface area contributed by atoms with E-state index >= 15 is 0 Å². The molecule has 1 heterocycles. The van der Waals surface area contributed by atoms with Crippen LogP contribution in [0.15, 0.2) is 12.1 Å². The third kappa shape index (κ3) is 3.76. The summed E-state index contributed by atoms with van der Waals surface area (Å²) in [6, 6.07) is 3.21. The van der Waals surface area contributed by atoms with Crippen LogP contribution in [-0.4, -0.2) is 41.4 Å². The zero-order valence-electron chi connectivity index (χ0n) is 9.74. The predicted octanol–water partition coefficient (Wildman–Crippen LogP) is 1.46. The van der Waals surface area contributed by atoms with Crippen LogP contribution in [0.5, 0.6) is 0 Å². The van der Waals surface area contributed by atoms with Crippen molar-refractivity contribution < 1.29 is 4.79 Å². The number of pyridine rings is 1. The van der Waals surface area contributed by atoms with Gasteiger partial charge in [-0.2, -0.15) is 11.8 Å². The average molecular weight is 275 g/mol. The van der Waals surface area contributed by atoms with Crippen LogP contribution in [0.4, 0.5) is 5.82 Å². The molecule has 0 bridgehead atoms. The zero-order chi connectivity index (χ0) is 12.8. The number of carbonyl (C=O) groups excluding carboxylic acids is 1. The van der Waals surface area contributed by atoms with Crippen molar-refractivity contribution in [1.29, 1.82) is 0 Å². The summed E-state index contributed by atoms with van der Waals surface area (Å²) in [6.45, 7) is 0.651. The molecule has 0 aliphatic rings. The van der Waals surface area contributed by atoms with Crippen LogP contribution in [0.2, 0.25) is 5.02 Å². The van der Waals surface area contributed by atoms with Gasteiger partial charge in [0.2, 0.25) is 0 Å². The first-order chi connectivity index (χ1) is 8.10. The molecule has 1 rings (SSSR count). The fourth-order valence-electron chi connectivity index (χ4n) is 1.18. The highest BCUT2D eigenvalue weighted by Crippen LogP contribution is 2.17. The molecule has 3 N–H and O–H groups in total. The molecule has 0 spiro atoms. The molecule has 0 aromatic carbocycles. The summed E-state index contributed by atoms with van der Waals surface area (Å²) in [4.78, 5) is 17.7. The minimum atomic E-state index is -0.207. The number of nitrogen functional groups attached to an aromatic ring is 1. The number of halogens is 1.